The van der Waals surface area contributed by atoms with E-state index in [9.17, 15) is 13.2 Å². The van der Waals surface area contributed by atoms with Crippen molar-refractivity contribution in [3.8, 4) is 34.2 Å². The average Bonchev–Trinajstić information content (AvgIpc) is 3.39. The third-order valence-corrected chi connectivity index (χ3v) is 5.00. The van der Waals surface area contributed by atoms with Gasteiger partial charge in [0, 0.05) is 23.4 Å². The lowest BCUT2D eigenvalue weighted by atomic mass is 10.1. The Morgan fingerprint density at radius 1 is 1.03 bits per heavy atom. The number of benzene rings is 2. The molecule has 2 aromatic heterocycles. The van der Waals surface area contributed by atoms with Gasteiger partial charge in [0.05, 0.1) is 30.4 Å². The molecule has 6 nitrogen and oxygen atoms in total. The first-order valence-corrected chi connectivity index (χ1v) is 10.0. The standard InChI is InChI=1S/C23H22F3N5O/c1-14(2)31-22(17-6-5-7-18(10-17)23(24,25)26)28-21(29-31)16-8-9-19(20(11-16)32-4)30-12-15(3)27-13-30/h5-14H,1-4H3. The number of hydrogen-bond donors (Lipinski definition) is 0. The van der Waals surface area contributed by atoms with Gasteiger partial charge >= 0.3 is 6.18 Å². The molecule has 0 saturated heterocycles. The van der Waals surface area contributed by atoms with Gasteiger partial charge in [0.1, 0.15) is 5.75 Å². The predicted molar refractivity (Wildman–Crippen MR) is 115 cm³/mol. The summed E-state index contributed by atoms with van der Waals surface area (Å²) >= 11 is 0. The Bertz CT molecular complexity index is 1260. The quantitative estimate of drug-likeness (QED) is 0.398. The second kappa shape index (κ2) is 8.14. The summed E-state index contributed by atoms with van der Waals surface area (Å²) in [5.41, 5.74) is 1.99. The third kappa shape index (κ3) is 4.10. The van der Waals surface area contributed by atoms with Crippen LogP contribution in [0.4, 0.5) is 13.2 Å². The van der Waals surface area contributed by atoms with E-state index >= 15 is 0 Å². The molecular weight excluding hydrogens is 419 g/mol. The second-order valence-electron chi connectivity index (χ2n) is 7.68. The van der Waals surface area contributed by atoms with E-state index in [0.29, 0.717) is 28.5 Å². The van der Waals surface area contributed by atoms with Gasteiger partial charge in [-0.25, -0.2) is 14.6 Å². The summed E-state index contributed by atoms with van der Waals surface area (Å²) in [6.45, 7) is 5.70. The fourth-order valence-electron chi connectivity index (χ4n) is 3.42. The molecule has 4 aromatic rings. The van der Waals surface area contributed by atoms with Crippen molar-refractivity contribution in [3.05, 3.63) is 66.2 Å². The summed E-state index contributed by atoms with van der Waals surface area (Å²) < 4.78 is 48.7. The van der Waals surface area contributed by atoms with Crippen LogP contribution in [0.5, 0.6) is 5.75 Å². The molecule has 0 aliphatic carbocycles. The molecule has 0 radical (unpaired) electrons. The van der Waals surface area contributed by atoms with Crippen molar-refractivity contribution in [2.45, 2.75) is 33.0 Å². The molecule has 4 rings (SSSR count). The van der Waals surface area contributed by atoms with E-state index < -0.39 is 11.7 Å². The Balaban J connectivity index is 1.79. The van der Waals surface area contributed by atoms with Crippen molar-refractivity contribution in [1.29, 1.82) is 0 Å². The number of rotatable bonds is 5. The highest BCUT2D eigenvalue weighted by Gasteiger charge is 2.31. The van der Waals surface area contributed by atoms with E-state index in [1.54, 1.807) is 30.3 Å². The number of nitrogens with zero attached hydrogens (tertiary/aromatic N) is 5. The van der Waals surface area contributed by atoms with Crippen LogP contribution in [0.25, 0.3) is 28.5 Å². The average molecular weight is 441 g/mol. The number of alkyl halides is 3. The van der Waals surface area contributed by atoms with Crippen LogP contribution in [0.1, 0.15) is 31.1 Å². The van der Waals surface area contributed by atoms with E-state index in [4.69, 9.17) is 4.74 Å². The molecule has 0 aliphatic heterocycles. The molecule has 0 atom stereocenters. The molecule has 0 N–H and O–H groups in total. The molecule has 0 amide bonds. The molecule has 0 bridgehead atoms. The number of halogens is 3. The Labute approximate surface area is 183 Å². The van der Waals surface area contributed by atoms with E-state index in [2.05, 4.69) is 15.1 Å². The SMILES string of the molecule is COc1cc(-c2nc(-c3cccc(C(F)(F)F)c3)n(C(C)C)n2)ccc1-n1cnc(C)c1. The number of aromatic nitrogens is 5. The van der Waals surface area contributed by atoms with Crippen molar-refractivity contribution >= 4 is 0 Å². The maximum absolute atomic E-state index is 13.2. The molecule has 32 heavy (non-hydrogen) atoms. The highest BCUT2D eigenvalue weighted by Crippen LogP contribution is 2.34. The van der Waals surface area contributed by atoms with Crippen molar-refractivity contribution in [2.75, 3.05) is 7.11 Å². The lowest BCUT2D eigenvalue weighted by Gasteiger charge is -2.11. The van der Waals surface area contributed by atoms with Crippen molar-refractivity contribution < 1.29 is 17.9 Å². The number of ether oxygens (including phenoxy) is 1. The van der Waals surface area contributed by atoms with Crippen LogP contribution in [0, 0.1) is 6.92 Å². The van der Waals surface area contributed by atoms with Gasteiger partial charge in [-0.3, -0.25) is 0 Å². The highest BCUT2D eigenvalue weighted by molar-refractivity contribution is 5.66. The molecular formula is C23H22F3N5O. The minimum absolute atomic E-state index is 0.101. The summed E-state index contributed by atoms with van der Waals surface area (Å²) in [6.07, 6.45) is -0.851. The van der Waals surface area contributed by atoms with Crippen molar-refractivity contribution in [3.63, 3.8) is 0 Å². The van der Waals surface area contributed by atoms with Gasteiger partial charge in [0.25, 0.3) is 0 Å². The Hall–Kier alpha value is -3.62. The van der Waals surface area contributed by atoms with E-state index in [-0.39, 0.29) is 6.04 Å². The molecule has 9 heteroatoms. The topological polar surface area (TPSA) is 57.8 Å². The van der Waals surface area contributed by atoms with Gasteiger partial charge in [-0.15, -0.1) is 0 Å². The smallest absolute Gasteiger partial charge is 0.416 e. The largest absolute Gasteiger partial charge is 0.495 e. The molecule has 0 aliphatic rings. The monoisotopic (exact) mass is 441 g/mol. The molecule has 0 saturated carbocycles. The number of methoxy groups -OCH3 is 1. The molecule has 0 fully saturated rings. The Morgan fingerprint density at radius 3 is 2.44 bits per heavy atom. The molecule has 0 unspecified atom stereocenters. The fraction of sp³-hybridized carbons (Fsp3) is 0.261. The zero-order chi connectivity index (χ0) is 23.0. The molecule has 0 spiro atoms. The first-order chi connectivity index (χ1) is 15.2. The van der Waals surface area contributed by atoms with E-state index in [1.807, 2.05) is 43.7 Å². The summed E-state index contributed by atoms with van der Waals surface area (Å²) in [4.78, 5) is 8.83. The normalized spacial score (nSPS) is 11.9. The Kier molecular flexibility index (Phi) is 5.50. The third-order valence-electron chi connectivity index (χ3n) is 5.00. The summed E-state index contributed by atoms with van der Waals surface area (Å²) in [5.74, 6) is 1.37. The minimum atomic E-state index is -4.43. The summed E-state index contributed by atoms with van der Waals surface area (Å²) in [5, 5.41) is 4.58. The van der Waals surface area contributed by atoms with Gasteiger partial charge < -0.3 is 9.30 Å². The van der Waals surface area contributed by atoms with Gasteiger partial charge in [-0.05, 0) is 51.1 Å². The Morgan fingerprint density at radius 2 is 1.81 bits per heavy atom. The minimum Gasteiger partial charge on any atom is -0.495 e. The summed E-state index contributed by atoms with van der Waals surface area (Å²) in [6, 6.07) is 10.5. The number of imidazole rings is 1. The van der Waals surface area contributed by atoms with E-state index in [1.165, 1.54) is 6.07 Å². The zero-order valence-corrected chi connectivity index (χ0v) is 18.1. The number of aryl methyl sites for hydroxylation is 1. The van der Waals surface area contributed by atoms with Crippen LogP contribution in [0.2, 0.25) is 0 Å². The van der Waals surface area contributed by atoms with Gasteiger partial charge in [-0.2, -0.15) is 18.3 Å². The van der Waals surface area contributed by atoms with Crippen LogP contribution >= 0.6 is 0 Å². The lowest BCUT2D eigenvalue weighted by Crippen LogP contribution is -2.07. The van der Waals surface area contributed by atoms with E-state index in [0.717, 1.165) is 23.5 Å². The first kappa shape index (κ1) is 21.6. The summed E-state index contributed by atoms with van der Waals surface area (Å²) in [7, 11) is 1.57. The molecule has 2 aromatic carbocycles. The van der Waals surface area contributed by atoms with Crippen LogP contribution in [0.3, 0.4) is 0 Å². The van der Waals surface area contributed by atoms with Crippen LogP contribution in [0.15, 0.2) is 55.0 Å². The highest BCUT2D eigenvalue weighted by atomic mass is 19.4. The van der Waals surface area contributed by atoms with Crippen LogP contribution in [-0.2, 0) is 6.18 Å². The maximum atomic E-state index is 13.2. The van der Waals surface area contributed by atoms with Crippen molar-refractivity contribution in [2.24, 2.45) is 0 Å². The lowest BCUT2D eigenvalue weighted by molar-refractivity contribution is -0.137. The molecule has 2 heterocycles. The van der Waals surface area contributed by atoms with Gasteiger partial charge in [0.15, 0.2) is 11.6 Å². The van der Waals surface area contributed by atoms with Gasteiger partial charge in [0.2, 0.25) is 0 Å². The zero-order valence-electron chi connectivity index (χ0n) is 18.1. The maximum Gasteiger partial charge on any atom is 0.416 e. The fourth-order valence-corrected chi connectivity index (χ4v) is 3.42. The predicted octanol–water partition coefficient (Wildman–Crippen LogP) is 5.71. The molecule has 166 valence electrons. The van der Waals surface area contributed by atoms with Gasteiger partial charge in [-0.1, -0.05) is 12.1 Å². The second-order valence-corrected chi connectivity index (χ2v) is 7.68. The van der Waals surface area contributed by atoms with Crippen LogP contribution in [-0.4, -0.2) is 31.4 Å². The van der Waals surface area contributed by atoms with Crippen LogP contribution < -0.4 is 4.74 Å². The van der Waals surface area contributed by atoms with Crippen molar-refractivity contribution in [1.82, 2.24) is 24.3 Å². The first-order valence-electron chi connectivity index (χ1n) is 10.0. The number of hydrogen-bond acceptors (Lipinski definition) is 4.